The second-order valence-electron chi connectivity index (χ2n) is 6.86. The monoisotopic (exact) mass is 388 g/mol. The molecule has 0 unspecified atom stereocenters. The SMILES string of the molecule is Cc1ccc(C)c(N2N=C(C(=O)Nc3ccccc3-n3ccnn3)CCC2=O)c1. The molecule has 8 heteroatoms. The van der Waals surface area contributed by atoms with E-state index < -0.39 is 0 Å². The lowest BCUT2D eigenvalue weighted by atomic mass is 10.1. The van der Waals surface area contributed by atoms with Crippen LogP contribution < -0.4 is 10.3 Å². The lowest BCUT2D eigenvalue weighted by Gasteiger charge is -2.25. The Morgan fingerprint density at radius 3 is 2.69 bits per heavy atom. The fourth-order valence-corrected chi connectivity index (χ4v) is 3.16. The van der Waals surface area contributed by atoms with Gasteiger partial charge in [0, 0.05) is 12.8 Å². The van der Waals surface area contributed by atoms with Crippen molar-refractivity contribution < 1.29 is 9.59 Å². The van der Waals surface area contributed by atoms with E-state index in [0.29, 0.717) is 22.8 Å². The summed E-state index contributed by atoms with van der Waals surface area (Å²) in [6, 6.07) is 13.1. The number of amides is 2. The summed E-state index contributed by atoms with van der Waals surface area (Å²) in [7, 11) is 0. The summed E-state index contributed by atoms with van der Waals surface area (Å²) >= 11 is 0. The standard InChI is InChI=1S/C21H20N6O2/c1-14-7-8-15(2)19(13-14)27-20(28)10-9-17(24-27)21(29)23-16-5-3-4-6-18(16)26-12-11-22-25-26/h3-8,11-13H,9-10H2,1-2H3,(H,23,29). The number of aromatic nitrogens is 3. The third-order valence-corrected chi connectivity index (χ3v) is 4.71. The molecule has 0 saturated carbocycles. The normalized spacial score (nSPS) is 13.9. The molecule has 0 fully saturated rings. The van der Waals surface area contributed by atoms with Crippen molar-refractivity contribution in [2.45, 2.75) is 26.7 Å². The molecule has 1 aliphatic heterocycles. The molecule has 146 valence electrons. The van der Waals surface area contributed by atoms with E-state index in [4.69, 9.17) is 0 Å². The van der Waals surface area contributed by atoms with Crippen molar-refractivity contribution in [3.05, 3.63) is 66.0 Å². The zero-order valence-electron chi connectivity index (χ0n) is 16.2. The number of hydrazone groups is 1. The van der Waals surface area contributed by atoms with Crippen LogP contribution in [0.3, 0.4) is 0 Å². The summed E-state index contributed by atoms with van der Waals surface area (Å²) in [5.41, 5.74) is 4.22. The number of aryl methyl sites for hydroxylation is 2. The molecule has 2 aromatic carbocycles. The molecule has 0 bridgehead atoms. The Labute approximate surface area is 167 Å². The number of para-hydroxylation sites is 2. The van der Waals surface area contributed by atoms with Gasteiger partial charge in [-0.2, -0.15) is 5.10 Å². The van der Waals surface area contributed by atoms with Gasteiger partial charge in [0.1, 0.15) is 5.71 Å². The van der Waals surface area contributed by atoms with Crippen LogP contribution in [0, 0.1) is 13.8 Å². The summed E-state index contributed by atoms with van der Waals surface area (Å²) in [6.45, 7) is 3.87. The lowest BCUT2D eigenvalue weighted by molar-refractivity contribution is -0.118. The van der Waals surface area contributed by atoms with E-state index in [-0.39, 0.29) is 24.7 Å². The molecule has 0 aliphatic carbocycles. The minimum atomic E-state index is -0.347. The first-order valence-electron chi connectivity index (χ1n) is 9.27. The van der Waals surface area contributed by atoms with Crippen LogP contribution in [-0.2, 0) is 9.59 Å². The Kier molecular flexibility index (Phi) is 4.90. The van der Waals surface area contributed by atoms with Crippen LogP contribution in [-0.4, -0.2) is 32.5 Å². The van der Waals surface area contributed by atoms with Gasteiger partial charge in [-0.25, -0.2) is 9.69 Å². The van der Waals surface area contributed by atoms with Crippen LogP contribution in [0.1, 0.15) is 24.0 Å². The highest BCUT2D eigenvalue weighted by molar-refractivity contribution is 6.44. The highest BCUT2D eigenvalue weighted by Crippen LogP contribution is 2.26. The van der Waals surface area contributed by atoms with Gasteiger partial charge >= 0.3 is 0 Å². The van der Waals surface area contributed by atoms with Gasteiger partial charge in [-0.05, 0) is 43.2 Å². The Hall–Kier alpha value is -3.81. The Morgan fingerprint density at radius 1 is 1.07 bits per heavy atom. The first-order valence-corrected chi connectivity index (χ1v) is 9.27. The van der Waals surface area contributed by atoms with Gasteiger partial charge in [0.05, 0.1) is 29.5 Å². The molecule has 3 aromatic rings. The number of nitrogens with one attached hydrogen (secondary N) is 1. The number of carbonyl (C=O) groups excluding carboxylic acids is 2. The number of nitrogens with zero attached hydrogens (tertiary/aromatic N) is 5. The Balaban J connectivity index is 1.63. The van der Waals surface area contributed by atoms with Gasteiger partial charge < -0.3 is 5.32 Å². The summed E-state index contributed by atoms with van der Waals surface area (Å²) in [6.07, 6.45) is 3.78. The molecule has 4 rings (SSSR count). The molecule has 0 saturated heterocycles. The molecule has 8 nitrogen and oxygen atoms in total. The smallest absolute Gasteiger partial charge is 0.271 e. The second kappa shape index (κ2) is 7.67. The van der Waals surface area contributed by atoms with Crippen LogP contribution in [0.2, 0.25) is 0 Å². The number of rotatable bonds is 4. The van der Waals surface area contributed by atoms with Crippen molar-refractivity contribution in [3.8, 4) is 5.69 Å². The van der Waals surface area contributed by atoms with Gasteiger partial charge in [-0.3, -0.25) is 9.59 Å². The maximum atomic E-state index is 12.9. The molecule has 0 spiro atoms. The molecule has 1 aromatic heterocycles. The van der Waals surface area contributed by atoms with Gasteiger partial charge in [0.25, 0.3) is 5.91 Å². The van der Waals surface area contributed by atoms with Crippen LogP contribution in [0.25, 0.3) is 5.69 Å². The summed E-state index contributed by atoms with van der Waals surface area (Å²) in [5.74, 6) is -0.473. The first-order chi connectivity index (χ1) is 14.0. The first kappa shape index (κ1) is 18.5. The van der Waals surface area contributed by atoms with E-state index in [0.717, 1.165) is 11.1 Å². The Bertz CT molecular complexity index is 1100. The number of anilines is 2. The molecule has 2 heterocycles. The number of hydrogen-bond acceptors (Lipinski definition) is 5. The highest BCUT2D eigenvalue weighted by Gasteiger charge is 2.27. The number of carbonyl (C=O) groups is 2. The van der Waals surface area contributed by atoms with Crippen molar-refractivity contribution in [2.24, 2.45) is 5.10 Å². The van der Waals surface area contributed by atoms with E-state index in [1.807, 2.05) is 50.2 Å². The van der Waals surface area contributed by atoms with Crippen molar-refractivity contribution >= 4 is 28.9 Å². The number of hydrogen-bond donors (Lipinski definition) is 1. The summed E-state index contributed by atoms with van der Waals surface area (Å²) in [5, 5.41) is 16.4. The fraction of sp³-hybridized carbons (Fsp3) is 0.190. The molecule has 1 N–H and O–H groups in total. The minimum absolute atomic E-state index is 0.127. The van der Waals surface area contributed by atoms with E-state index in [1.165, 1.54) is 5.01 Å². The van der Waals surface area contributed by atoms with E-state index in [1.54, 1.807) is 23.1 Å². The van der Waals surface area contributed by atoms with Gasteiger partial charge in [-0.15, -0.1) is 5.10 Å². The summed E-state index contributed by atoms with van der Waals surface area (Å²) in [4.78, 5) is 25.4. The predicted molar refractivity (Wildman–Crippen MR) is 110 cm³/mol. The van der Waals surface area contributed by atoms with Crippen LogP contribution in [0.4, 0.5) is 11.4 Å². The topological polar surface area (TPSA) is 92.5 Å². The quantitative estimate of drug-likeness (QED) is 0.744. The maximum Gasteiger partial charge on any atom is 0.271 e. The van der Waals surface area contributed by atoms with Gasteiger partial charge in [0.15, 0.2) is 0 Å². The molecular formula is C21H20N6O2. The molecule has 0 atom stereocenters. The van der Waals surface area contributed by atoms with E-state index in [2.05, 4.69) is 20.7 Å². The zero-order chi connectivity index (χ0) is 20.4. The molecule has 1 aliphatic rings. The second-order valence-corrected chi connectivity index (χ2v) is 6.86. The largest absolute Gasteiger partial charge is 0.319 e. The Morgan fingerprint density at radius 2 is 1.90 bits per heavy atom. The highest BCUT2D eigenvalue weighted by atomic mass is 16.2. The lowest BCUT2D eigenvalue weighted by Crippen LogP contribution is -2.36. The van der Waals surface area contributed by atoms with Crippen molar-refractivity contribution in [2.75, 3.05) is 10.3 Å². The van der Waals surface area contributed by atoms with Gasteiger partial charge in [0.2, 0.25) is 5.91 Å². The third-order valence-electron chi connectivity index (χ3n) is 4.71. The van der Waals surface area contributed by atoms with E-state index in [9.17, 15) is 9.59 Å². The summed E-state index contributed by atoms with van der Waals surface area (Å²) < 4.78 is 1.57. The maximum absolute atomic E-state index is 12.9. The minimum Gasteiger partial charge on any atom is -0.319 e. The van der Waals surface area contributed by atoms with Crippen molar-refractivity contribution in [1.29, 1.82) is 0 Å². The van der Waals surface area contributed by atoms with Crippen LogP contribution in [0.15, 0.2) is 60.0 Å². The predicted octanol–water partition coefficient (Wildman–Crippen LogP) is 3.01. The zero-order valence-corrected chi connectivity index (χ0v) is 16.2. The average molecular weight is 388 g/mol. The van der Waals surface area contributed by atoms with Crippen LogP contribution >= 0.6 is 0 Å². The fourth-order valence-electron chi connectivity index (χ4n) is 3.16. The van der Waals surface area contributed by atoms with E-state index >= 15 is 0 Å². The van der Waals surface area contributed by atoms with Gasteiger partial charge in [-0.1, -0.05) is 29.5 Å². The molecule has 0 radical (unpaired) electrons. The molecule has 29 heavy (non-hydrogen) atoms. The van der Waals surface area contributed by atoms with Crippen molar-refractivity contribution in [3.63, 3.8) is 0 Å². The molecule has 2 amide bonds. The average Bonchev–Trinajstić information content (AvgIpc) is 3.25. The number of benzene rings is 2. The third kappa shape index (κ3) is 3.77. The van der Waals surface area contributed by atoms with Crippen LogP contribution in [0.5, 0.6) is 0 Å². The van der Waals surface area contributed by atoms with Crippen molar-refractivity contribution in [1.82, 2.24) is 15.0 Å². The molecular weight excluding hydrogens is 368 g/mol.